The SMILES string of the molecule is O=C(NC[C@@H]1CCCO[C@H]1c1ccn[nH]1)c1ccc2ccccc2n1. The van der Waals surface area contributed by atoms with Crippen molar-refractivity contribution in [3.63, 3.8) is 0 Å². The molecule has 0 saturated carbocycles. The van der Waals surface area contributed by atoms with E-state index < -0.39 is 0 Å². The fourth-order valence-corrected chi connectivity index (χ4v) is 3.33. The summed E-state index contributed by atoms with van der Waals surface area (Å²) in [6.07, 6.45) is 3.68. The van der Waals surface area contributed by atoms with Gasteiger partial charge in [0.05, 0.1) is 11.2 Å². The highest BCUT2D eigenvalue weighted by atomic mass is 16.5. The lowest BCUT2D eigenvalue weighted by Gasteiger charge is -2.31. The van der Waals surface area contributed by atoms with E-state index in [0.717, 1.165) is 36.0 Å². The number of hydrogen-bond donors (Lipinski definition) is 2. The molecule has 3 heterocycles. The van der Waals surface area contributed by atoms with Crippen molar-refractivity contribution in [2.24, 2.45) is 5.92 Å². The number of benzene rings is 1. The summed E-state index contributed by atoms with van der Waals surface area (Å²) in [4.78, 5) is 16.9. The smallest absolute Gasteiger partial charge is 0.269 e. The molecule has 0 aliphatic carbocycles. The van der Waals surface area contributed by atoms with Crippen LogP contribution < -0.4 is 5.32 Å². The van der Waals surface area contributed by atoms with Crippen LogP contribution in [0.2, 0.25) is 0 Å². The largest absolute Gasteiger partial charge is 0.372 e. The van der Waals surface area contributed by atoms with Gasteiger partial charge in [-0.1, -0.05) is 24.3 Å². The van der Waals surface area contributed by atoms with E-state index >= 15 is 0 Å². The Morgan fingerprint density at radius 1 is 1.24 bits per heavy atom. The predicted molar refractivity (Wildman–Crippen MR) is 94.1 cm³/mol. The molecule has 1 saturated heterocycles. The number of aromatic amines is 1. The summed E-state index contributed by atoms with van der Waals surface area (Å²) in [7, 11) is 0. The highest BCUT2D eigenvalue weighted by Gasteiger charge is 2.29. The van der Waals surface area contributed by atoms with Crippen LogP contribution in [0.1, 0.15) is 35.1 Å². The van der Waals surface area contributed by atoms with Crippen LogP contribution in [0, 0.1) is 5.92 Å². The lowest BCUT2D eigenvalue weighted by Crippen LogP contribution is -2.35. The van der Waals surface area contributed by atoms with Crippen molar-refractivity contribution in [3.05, 3.63) is 60.0 Å². The Hall–Kier alpha value is -2.73. The van der Waals surface area contributed by atoms with Gasteiger partial charge in [0.25, 0.3) is 5.91 Å². The number of para-hydroxylation sites is 1. The molecule has 1 amide bonds. The lowest BCUT2D eigenvalue weighted by molar-refractivity contribution is -0.0297. The van der Waals surface area contributed by atoms with Crippen LogP contribution in [0.15, 0.2) is 48.7 Å². The number of aromatic nitrogens is 3. The first kappa shape index (κ1) is 15.8. The van der Waals surface area contributed by atoms with Gasteiger partial charge in [-0.3, -0.25) is 9.89 Å². The number of ether oxygens (including phenoxy) is 1. The van der Waals surface area contributed by atoms with Crippen LogP contribution in [0.5, 0.6) is 0 Å². The Morgan fingerprint density at radius 2 is 2.16 bits per heavy atom. The minimum absolute atomic E-state index is 0.0545. The Morgan fingerprint density at radius 3 is 3.04 bits per heavy atom. The second kappa shape index (κ2) is 7.03. The van der Waals surface area contributed by atoms with E-state index in [9.17, 15) is 4.79 Å². The van der Waals surface area contributed by atoms with E-state index in [1.807, 2.05) is 36.4 Å². The molecule has 0 spiro atoms. The first-order valence-electron chi connectivity index (χ1n) is 8.56. The molecule has 1 aromatic carbocycles. The van der Waals surface area contributed by atoms with Crippen molar-refractivity contribution in [2.75, 3.05) is 13.2 Å². The van der Waals surface area contributed by atoms with E-state index in [-0.39, 0.29) is 17.9 Å². The van der Waals surface area contributed by atoms with Crippen molar-refractivity contribution >= 4 is 16.8 Å². The maximum absolute atomic E-state index is 12.5. The zero-order chi connectivity index (χ0) is 17.1. The molecule has 25 heavy (non-hydrogen) atoms. The van der Waals surface area contributed by atoms with Crippen molar-refractivity contribution in [1.29, 1.82) is 0 Å². The van der Waals surface area contributed by atoms with Crippen LogP contribution in [-0.2, 0) is 4.74 Å². The van der Waals surface area contributed by atoms with E-state index in [4.69, 9.17) is 4.74 Å². The molecule has 4 rings (SSSR count). The predicted octanol–water partition coefficient (Wildman–Crippen LogP) is 2.86. The quantitative estimate of drug-likeness (QED) is 0.768. The lowest BCUT2D eigenvalue weighted by atomic mass is 9.92. The number of carbonyl (C=O) groups is 1. The number of rotatable bonds is 4. The van der Waals surface area contributed by atoms with Gasteiger partial charge in [-0.2, -0.15) is 5.10 Å². The zero-order valence-electron chi connectivity index (χ0n) is 13.8. The molecule has 128 valence electrons. The summed E-state index contributed by atoms with van der Waals surface area (Å²) < 4.78 is 5.89. The highest BCUT2D eigenvalue weighted by molar-refractivity contribution is 5.94. The summed E-state index contributed by atoms with van der Waals surface area (Å²) >= 11 is 0. The van der Waals surface area contributed by atoms with Gasteiger partial charge < -0.3 is 10.1 Å². The number of pyridine rings is 1. The molecule has 2 aromatic heterocycles. The van der Waals surface area contributed by atoms with Crippen molar-refractivity contribution in [2.45, 2.75) is 18.9 Å². The summed E-state index contributed by atoms with van der Waals surface area (Å²) in [5.74, 6) is 0.0679. The Bertz CT molecular complexity index is 863. The first-order valence-corrected chi connectivity index (χ1v) is 8.56. The Labute approximate surface area is 145 Å². The number of nitrogens with one attached hydrogen (secondary N) is 2. The average molecular weight is 336 g/mol. The molecule has 1 aliphatic rings. The zero-order valence-corrected chi connectivity index (χ0v) is 13.8. The summed E-state index contributed by atoms with van der Waals surface area (Å²) in [5, 5.41) is 11.0. The van der Waals surface area contributed by atoms with Gasteiger partial charge >= 0.3 is 0 Å². The molecule has 0 bridgehead atoms. The van der Waals surface area contributed by atoms with E-state index in [1.54, 1.807) is 12.3 Å². The fraction of sp³-hybridized carbons (Fsp3) is 0.316. The van der Waals surface area contributed by atoms with Crippen molar-refractivity contribution in [3.8, 4) is 0 Å². The van der Waals surface area contributed by atoms with Crippen LogP contribution in [0.4, 0.5) is 0 Å². The normalized spacial score (nSPS) is 20.5. The monoisotopic (exact) mass is 336 g/mol. The van der Waals surface area contributed by atoms with Gasteiger partial charge in [0, 0.05) is 30.7 Å². The fourth-order valence-electron chi connectivity index (χ4n) is 3.33. The number of nitrogens with zero attached hydrogens (tertiary/aromatic N) is 2. The second-order valence-corrected chi connectivity index (χ2v) is 6.30. The Kier molecular flexibility index (Phi) is 4.43. The Balaban J connectivity index is 1.44. The molecule has 6 nitrogen and oxygen atoms in total. The summed E-state index contributed by atoms with van der Waals surface area (Å²) in [6.45, 7) is 1.29. The van der Waals surface area contributed by atoms with Gasteiger partial charge in [0.15, 0.2) is 0 Å². The number of carbonyl (C=O) groups excluding carboxylic acids is 1. The third kappa shape index (κ3) is 3.39. The van der Waals surface area contributed by atoms with E-state index in [1.165, 1.54) is 0 Å². The van der Waals surface area contributed by atoms with E-state index in [0.29, 0.717) is 12.2 Å². The molecule has 0 unspecified atom stereocenters. The average Bonchev–Trinajstić information content (AvgIpc) is 3.20. The molecule has 3 aromatic rings. The third-order valence-corrected chi connectivity index (χ3v) is 4.63. The topological polar surface area (TPSA) is 79.9 Å². The molecule has 1 aliphatic heterocycles. The van der Waals surface area contributed by atoms with Gasteiger partial charge in [0.1, 0.15) is 11.8 Å². The van der Waals surface area contributed by atoms with Gasteiger partial charge in [-0.15, -0.1) is 0 Å². The second-order valence-electron chi connectivity index (χ2n) is 6.30. The minimum Gasteiger partial charge on any atom is -0.372 e. The summed E-state index contributed by atoms with van der Waals surface area (Å²) in [5.41, 5.74) is 2.22. The standard InChI is InChI=1S/C19H20N4O2/c24-19(17-8-7-13-4-1-2-6-15(13)22-17)20-12-14-5-3-11-25-18(14)16-9-10-21-23-16/h1-2,4,6-10,14,18H,3,5,11-12H2,(H,20,24)(H,21,23)/t14-,18+/m0/s1. The van der Waals surface area contributed by atoms with Crippen molar-refractivity contribution < 1.29 is 9.53 Å². The molecule has 2 atom stereocenters. The molecular formula is C19H20N4O2. The molecular weight excluding hydrogens is 316 g/mol. The summed E-state index contributed by atoms with van der Waals surface area (Å²) in [6, 6.07) is 13.4. The highest BCUT2D eigenvalue weighted by Crippen LogP contribution is 2.32. The van der Waals surface area contributed by atoms with Gasteiger partial charge in [-0.05, 0) is 31.0 Å². The molecule has 2 N–H and O–H groups in total. The van der Waals surface area contributed by atoms with Crippen molar-refractivity contribution in [1.82, 2.24) is 20.5 Å². The number of fused-ring (bicyclic) bond motifs is 1. The molecule has 1 fully saturated rings. The third-order valence-electron chi connectivity index (χ3n) is 4.63. The van der Waals surface area contributed by atoms with Crippen LogP contribution in [-0.4, -0.2) is 34.2 Å². The maximum Gasteiger partial charge on any atom is 0.269 e. The van der Waals surface area contributed by atoms with Gasteiger partial charge in [0.2, 0.25) is 0 Å². The molecule has 6 heteroatoms. The van der Waals surface area contributed by atoms with Crippen LogP contribution >= 0.6 is 0 Å². The number of H-pyrrole nitrogens is 1. The van der Waals surface area contributed by atoms with E-state index in [2.05, 4.69) is 20.5 Å². The minimum atomic E-state index is -0.153. The van der Waals surface area contributed by atoms with Gasteiger partial charge in [-0.25, -0.2) is 4.98 Å². The number of hydrogen-bond acceptors (Lipinski definition) is 4. The van der Waals surface area contributed by atoms with Crippen LogP contribution in [0.25, 0.3) is 10.9 Å². The number of amides is 1. The molecule has 0 radical (unpaired) electrons. The maximum atomic E-state index is 12.5. The first-order chi connectivity index (χ1) is 12.3. The van der Waals surface area contributed by atoms with Crippen LogP contribution in [0.3, 0.4) is 0 Å².